The molecule has 4 aromatic rings. The van der Waals surface area contributed by atoms with Crippen LogP contribution in [0.3, 0.4) is 0 Å². The molecule has 4 unspecified atom stereocenters. The van der Waals surface area contributed by atoms with Crippen molar-refractivity contribution in [1.29, 1.82) is 0 Å². The van der Waals surface area contributed by atoms with Gasteiger partial charge >= 0.3 is 59.1 Å². The van der Waals surface area contributed by atoms with Crippen LogP contribution >= 0.6 is 15.8 Å². The van der Waals surface area contributed by atoms with Crippen LogP contribution in [0.15, 0.2) is 119 Å². The van der Waals surface area contributed by atoms with Crippen molar-refractivity contribution in [2.75, 3.05) is 0 Å². The zero-order chi connectivity index (χ0) is 28.2. The van der Waals surface area contributed by atoms with Crippen molar-refractivity contribution in [3.63, 3.8) is 0 Å². The third kappa shape index (κ3) is 9.78. The zero-order valence-corrected chi connectivity index (χ0v) is 30.8. The van der Waals surface area contributed by atoms with E-state index in [0.717, 1.165) is 27.6 Å². The van der Waals surface area contributed by atoms with Crippen LogP contribution in [0.25, 0.3) is 0 Å². The molecule has 12 heteroatoms. The van der Waals surface area contributed by atoms with Crippen molar-refractivity contribution < 1.29 is 85.1 Å². The molecule has 0 aliphatic rings. The monoisotopic (exact) mass is 644 g/mol. The Bertz CT molecular complexity index is 1520. The Morgan fingerprint density at radius 1 is 0.537 bits per heavy atom. The molecule has 0 saturated carbocycles. The van der Waals surface area contributed by atoms with E-state index >= 15 is 0 Å². The minimum atomic E-state index is -4.60. The summed E-state index contributed by atoms with van der Waals surface area (Å²) >= 11 is 0. The predicted molar refractivity (Wildman–Crippen MR) is 158 cm³/mol. The van der Waals surface area contributed by atoms with E-state index in [1.165, 1.54) is 24.3 Å². The van der Waals surface area contributed by atoms with Crippen LogP contribution in [0.2, 0.25) is 0 Å². The van der Waals surface area contributed by atoms with Crippen LogP contribution in [0.4, 0.5) is 0 Å². The van der Waals surface area contributed by atoms with Crippen LogP contribution in [0.1, 0.15) is 20.3 Å². The first-order valence-electron chi connectivity index (χ1n) is 12.3. The normalized spacial score (nSPS) is 14.5. The number of benzene rings is 4. The van der Waals surface area contributed by atoms with Crippen LogP contribution in [0.5, 0.6) is 0 Å². The summed E-state index contributed by atoms with van der Waals surface area (Å²) in [5.41, 5.74) is 0.171. The molecular weight excluding hydrogens is 616 g/mol. The molecule has 0 saturated heterocycles. The van der Waals surface area contributed by atoms with Gasteiger partial charge < -0.3 is 9.11 Å². The smallest absolute Gasteiger partial charge is 0.744 e. The fourth-order valence-electron chi connectivity index (χ4n) is 4.78. The van der Waals surface area contributed by atoms with Gasteiger partial charge in [0.2, 0.25) is 0 Å². The summed E-state index contributed by atoms with van der Waals surface area (Å²) in [6.45, 7) is 4.26. The topological polar surface area (TPSA) is 114 Å². The molecule has 4 atom stereocenters. The van der Waals surface area contributed by atoms with Gasteiger partial charge in [0.1, 0.15) is 20.2 Å². The van der Waals surface area contributed by atoms with Crippen molar-refractivity contribution in [1.82, 2.24) is 0 Å². The quantitative estimate of drug-likeness (QED) is 0.115. The molecule has 6 nitrogen and oxygen atoms in total. The Hall–Kier alpha value is -0.440. The van der Waals surface area contributed by atoms with Gasteiger partial charge in [-0.1, -0.05) is 98.8 Å². The molecule has 0 aliphatic heterocycles. The van der Waals surface area contributed by atoms with Crippen LogP contribution < -0.4 is 80.3 Å². The van der Waals surface area contributed by atoms with Crippen molar-refractivity contribution in [2.45, 2.75) is 41.4 Å². The second-order valence-electron chi connectivity index (χ2n) is 9.25. The van der Waals surface area contributed by atoms with Crippen LogP contribution in [-0.4, -0.2) is 37.3 Å². The molecule has 0 radical (unpaired) electrons. The van der Waals surface area contributed by atoms with Gasteiger partial charge in [-0.05, 0) is 79.1 Å². The first kappa shape index (κ1) is 36.8. The van der Waals surface area contributed by atoms with E-state index in [4.69, 9.17) is 0 Å². The average molecular weight is 645 g/mol. The fraction of sp³-hybridized carbons (Fsp3) is 0.172. The molecule has 0 spiro atoms. The maximum atomic E-state index is 11.8. The second-order valence-corrected chi connectivity index (χ2v) is 17.3. The van der Waals surface area contributed by atoms with E-state index in [1.807, 2.05) is 72.8 Å². The van der Waals surface area contributed by atoms with E-state index in [9.17, 15) is 25.9 Å². The van der Waals surface area contributed by atoms with E-state index in [-0.39, 0.29) is 80.2 Å². The fourth-order valence-corrected chi connectivity index (χ4v) is 11.9. The van der Waals surface area contributed by atoms with E-state index in [2.05, 4.69) is 13.8 Å². The first-order chi connectivity index (χ1) is 18.4. The van der Waals surface area contributed by atoms with Gasteiger partial charge in [-0.3, -0.25) is 0 Å². The Balaban J connectivity index is 0.00000294. The average Bonchev–Trinajstić information content (AvgIpc) is 2.90. The molecule has 204 valence electrons. The molecule has 4 rings (SSSR count). The van der Waals surface area contributed by atoms with E-state index < -0.39 is 36.1 Å². The Labute approximate surface area is 290 Å². The maximum Gasteiger partial charge on any atom is 1.00 e. The van der Waals surface area contributed by atoms with E-state index in [0.29, 0.717) is 0 Å². The van der Waals surface area contributed by atoms with E-state index in [1.54, 1.807) is 12.1 Å². The summed E-state index contributed by atoms with van der Waals surface area (Å²) in [5.74, 6) is 0. The van der Waals surface area contributed by atoms with Gasteiger partial charge in [0.15, 0.2) is 0 Å². The molecular formula is C29H28Na2O6P2S2. The van der Waals surface area contributed by atoms with Crippen LogP contribution in [0, 0.1) is 0 Å². The second kappa shape index (κ2) is 16.0. The van der Waals surface area contributed by atoms with Gasteiger partial charge in [0.25, 0.3) is 0 Å². The molecule has 0 heterocycles. The third-order valence-electron chi connectivity index (χ3n) is 6.40. The Kier molecular flexibility index (Phi) is 14.4. The molecule has 0 N–H and O–H groups in total. The number of hydrogen-bond donors (Lipinski definition) is 0. The van der Waals surface area contributed by atoms with Crippen molar-refractivity contribution >= 4 is 57.3 Å². The van der Waals surface area contributed by atoms with Gasteiger partial charge in [0, 0.05) is 0 Å². The summed E-state index contributed by atoms with van der Waals surface area (Å²) in [6.07, 6.45) is 0.740. The summed E-state index contributed by atoms with van der Waals surface area (Å²) in [7, 11) is -11.3. The molecule has 0 aliphatic carbocycles. The molecule has 0 aromatic heterocycles. The summed E-state index contributed by atoms with van der Waals surface area (Å²) < 4.78 is 70.7. The van der Waals surface area contributed by atoms with Gasteiger partial charge in [-0.15, -0.1) is 0 Å². The van der Waals surface area contributed by atoms with Crippen molar-refractivity contribution in [2.24, 2.45) is 0 Å². The standard InChI is InChI=1S/C29H30O6P2S2.2Na/c1-22(36(24-11-5-3-6-12-24)26-15-9-17-28(20-26)38(30,31)32)19-23(2)37(25-13-7-4-8-14-25)27-16-10-18-29(21-27)39(33,34)35;;/h3-18,20-23H,19H2,1-2H3,(H,30,31,32)(H,33,34,35);;/q;2*+1/p-2. The Morgan fingerprint density at radius 3 is 1.17 bits per heavy atom. The Morgan fingerprint density at radius 2 is 0.854 bits per heavy atom. The minimum absolute atomic E-state index is 0. The maximum absolute atomic E-state index is 11.8. The molecule has 4 aromatic carbocycles. The summed E-state index contributed by atoms with van der Waals surface area (Å²) in [5, 5.41) is 3.74. The summed E-state index contributed by atoms with van der Waals surface area (Å²) in [6, 6.07) is 32.3. The first-order valence-corrected chi connectivity index (χ1v) is 17.9. The predicted octanol–water partition coefficient (Wildman–Crippen LogP) is -1.76. The van der Waals surface area contributed by atoms with Crippen molar-refractivity contribution in [3.8, 4) is 0 Å². The van der Waals surface area contributed by atoms with Gasteiger partial charge in [-0.25, -0.2) is 16.8 Å². The number of rotatable bonds is 10. The molecule has 0 amide bonds. The number of hydrogen-bond acceptors (Lipinski definition) is 6. The third-order valence-corrected chi connectivity index (χ3v) is 13.6. The molecule has 41 heavy (non-hydrogen) atoms. The zero-order valence-electron chi connectivity index (χ0n) is 23.4. The summed E-state index contributed by atoms with van der Waals surface area (Å²) in [4.78, 5) is -0.489. The molecule has 0 bridgehead atoms. The SMILES string of the molecule is CC(CC(C)P(c1ccccc1)c1cccc(S(=O)(=O)[O-])c1)P(c1ccccc1)c1cccc(S(=O)(=O)[O-])c1.[Na+].[Na+]. The minimum Gasteiger partial charge on any atom is -0.744 e. The largest absolute Gasteiger partial charge is 1.00 e. The van der Waals surface area contributed by atoms with Crippen LogP contribution in [-0.2, 0) is 20.2 Å². The van der Waals surface area contributed by atoms with Crippen molar-refractivity contribution in [3.05, 3.63) is 109 Å². The van der Waals surface area contributed by atoms with Gasteiger partial charge in [0.05, 0.1) is 9.79 Å². The van der Waals surface area contributed by atoms with Gasteiger partial charge in [-0.2, -0.15) is 0 Å². The molecule has 0 fully saturated rings.